The van der Waals surface area contributed by atoms with Crippen molar-refractivity contribution < 1.29 is 9.53 Å². The molecular formula is C18H36N6O2. The predicted molar refractivity (Wildman–Crippen MR) is 101 cm³/mol. The van der Waals surface area contributed by atoms with E-state index in [4.69, 9.17) is 4.74 Å². The van der Waals surface area contributed by atoms with Gasteiger partial charge in [-0.1, -0.05) is 12.8 Å². The van der Waals surface area contributed by atoms with Crippen LogP contribution in [0.4, 0.5) is 0 Å². The molecule has 0 aromatic carbocycles. The number of carbonyl (C=O) groups is 1. The number of methoxy groups -OCH3 is 1. The largest absolute Gasteiger partial charge is 0.380 e. The highest BCUT2D eigenvalue weighted by atomic mass is 16.5. The third-order valence-corrected chi connectivity index (χ3v) is 6.14. The summed E-state index contributed by atoms with van der Waals surface area (Å²) in [5.41, 5.74) is 0. The van der Waals surface area contributed by atoms with Gasteiger partial charge in [0, 0.05) is 52.4 Å². The van der Waals surface area contributed by atoms with Gasteiger partial charge in [0.2, 0.25) is 5.91 Å². The molecule has 2 saturated heterocycles. The number of amides is 1. The molecule has 3 fully saturated rings. The molecule has 0 bridgehead atoms. The Balaban J connectivity index is 1.69. The van der Waals surface area contributed by atoms with Gasteiger partial charge < -0.3 is 15.4 Å². The zero-order valence-electron chi connectivity index (χ0n) is 16.4. The van der Waals surface area contributed by atoms with Crippen LogP contribution in [0.3, 0.4) is 0 Å². The lowest BCUT2D eigenvalue weighted by Gasteiger charge is -2.47. The summed E-state index contributed by atoms with van der Waals surface area (Å²) in [7, 11) is 3.50. The lowest BCUT2D eigenvalue weighted by Crippen LogP contribution is -2.74. The normalized spacial score (nSPS) is 39.5. The van der Waals surface area contributed by atoms with E-state index in [1.807, 2.05) is 0 Å². The summed E-state index contributed by atoms with van der Waals surface area (Å²) in [4.78, 5) is 14.9. The molecule has 6 unspecified atom stereocenters. The summed E-state index contributed by atoms with van der Waals surface area (Å²) in [6, 6.07) is 0.741. The van der Waals surface area contributed by atoms with Gasteiger partial charge in [-0.2, -0.15) is 0 Å². The van der Waals surface area contributed by atoms with E-state index in [9.17, 15) is 4.79 Å². The van der Waals surface area contributed by atoms with Gasteiger partial charge in [0.15, 0.2) is 0 Å². The van der Waals surface area contributed by atoms with Crippen molar-refractivity contribution in [3.05, 3.63) is 0 Å². The minimum Gasteiger partial charge on any atom is -0.380 e. The molecule has 2 heterocycles. The zero-order valence-corrected chi connectivity index (χ0v) is 16.4. The van der Waals surface area contributed by atoms with Crippen molar-refractivity contribution in [2.24, 2.45) is 5.92 Å². The molecule has 8 nitrogen and oxygen atoms in total. The van der Waals surface area contributed by atoms with E-state index in [0.717, 1.165) is 32.5 Å². The van der Waals surface area contributed by atoms with E-state index in [1.165, 1.54) is 12.8 Å². The fourth-order valence-electron chi connectivity index (χ4n) is 4.55. The van der Waals surface area contributed by atoms with Gasteiger partial charge in [-0.3, -0.25) is 25.6 Å². The Labute approximate surface area is 157 Å². The van der Waals surface area contributed by atoms with Crippen LogP contribution in [-0.4, -0.2) is 81.8 Å². The van der Waals surface area contributed by atoms with Crippen molar-refractivity contribution in [3.8, 4) is 0 Å². The van der Waals surface area contributed by atoms with Crippen LogP contribution in [0.25, 0.3) is 0 Å². The quantitative estimate of drug-likeness (QED) is 0.425. The molecule has 5 N–H and O–H groups in total. The summed E-state index contributed by atoms with van der Waals surface area (Å²) in [5, 5.41) is 17.2. The van der Waals surface area contributed by atoms with Crippen molar-refractivity contribution in [3.63, 3.8) is 0 Å². The summed E-state index contributed by atoms with van der Waals surface area (Å²) < 4.78 is 5.70. The zero-order chi connectivity index (χ0) is 18.5. The molecule has 1 saturated carbocycles. The second-order valence-corrected chi connectivity index (χ2v) is 7.80. The number of rotatable bonds is 5. The van der Waals surface area contributed by atoms with E-state index in [0.29, 0.717) is 12.6 Å². The SMILES string of the molecule is CNC(=O)C1CNC(N2CCNCC2C)NC1NC1CCCCC1OC. The highest BCUT2D eigenvalue weighted by Crippen LogP contribution is 2.22. The van der Waals surface area contributed by atoms with Crippen molar-refractivity contribution in [1.29, 1.82) is 0 Å². The Morgan fingerprint density at radius 3 is 2.77 bits per heavy atom. The fraction of sp³-hybridized carbons (Fsp3) is 0.944. The van der Waals surface area contributed by atoms with Gasteiger partial charge >= 0.3 is 0 Å². The Bertz CT molecular complexity index is 465. The maximum atomic E-state index is 12.4. The first-order valence-corrected chi connectivity index (χ1v) is 10.1. The Kier molecular flexibility index (Phi) is 7.25. The molecule has 8 heteroatoms. The molecule has 3 rings (SSSR count). The minimum atomic E-state index is -0.145. The van der Waals surface area contributed by atoms with Crippen LogP contribution in [0.2, 0.25) is 0 Å². The molecular weight excluding hydrogens is 332 g/mol. The van der Waals surface area contributed by atoms with E-state index in [1.54, 1.807) is 14.2 Å². The van der Waals surface area contributed by atoms with E-state index >= 15 is 0 Å². The summed E-state index contributed by atoms with van der Waals surface area (Å²) in [6.45, 7) is 5.88. The lowest BCUT2D eigenvalue weighted by atomic mass is 9.91. The minimum absolute atomic E-state index is 0.0657. The number of carbonyl (C=O) groups excluding carboxylic acids is 1. The smallest absolute Gasteiger partial charge is 0.227 e. The van der Waals surface area contributed by atoms with Crippen LogP contribution in [0, 0.1) is 5.92 Å². The first kappa shape index (κ1) is 20.0. The van der Waals surface area contributed by atoms with Crippen LogP contribution in [-0.2, 0) is 9.53 Å². The van der Waals surface area contributed by atoms with Crippen molar-refractivity contribution in [2.45, 2.75) is 63.3 Å². The number of hydrogen-bond donors (Lipinski definition) is 5. The molecule has 0 spiro atoms. The monoisotopic (exact) mass is 368 g/mol. The summed E-state index contributed by atoms with van der Waals surface area (Å²) >= 11 is 0. The average Bonchev–Trinajstić information content (AvgIpc) is 2.68. The molecule has 1 amide bonds. The first-order chi connectivity index (χ1) is 12.6. The van der Waals surface area contributed by atoms with Crippen LogP contribution in [0.5, 0.6) is 0 Å². The van der Waals surface area contributed by atoms with E-state index in [-0.39, 0.29) is 36.4 Å². The molecule has 26 heavy (non-hydrogen) atoms. The third kappa shape index (κ3) is 4.55. The number of hydrogen-bond acceptors (Lipinski definition) is 7. The summed E-state index contributed by atoms with van der Waals surface area (Å²) in [5.74, 6) is -0.0759. The molecule has 150 valence electrons. The number of ether oxygens (including phenoxy) is 1. The highest BCUT2D eigenvalue weighted by Gasteiger charge is 2.39. The van der Waals surface area contributed by atoms with Gasteiger partial charge in [-0.25, -0.2) is 0 Å². The number of piperazine rings is 1. The molecule has 3 aliphatic rings. The van der Waals surface area contributed by atoms with Crippen LogP contribution in [0.1, 0.15) is 32.6 Å². The van der Waals surface area contributed by atoms with Gasteiger partial charge in [0.1, 0.15) is 6.29 Å². The van der Waals surface area contributed by atoms with Crippen LogP contribution in [0.15, 0.2) is 0 Å². The maximum Gasteiger partial charge on any atom is 0.227 e. The lowest BCUT2D eigenvalue weighted by molar-refractivity contribution is -0.128. The summed E-state index contributed by atoms with van der Waals surface area (Å²) in [6.07, 6.45) is 4.85. The Hall–Kier alpha value is -0.770. The molecule has 1 aliphatic carbocycles. The molecule has 0 radical (unpaired) electrons. The third-order valence-electron chi connectivity index (χ3n) is 6.14. The predicted octanol–water partition coefficient (Wildman–Crippen LogP) is -1.01. The van der Waals surface area contributed by atoms with E-state index < -0.39 is 0 Å². The Morgan fingerprint density at radius 1 is 1.23 bits per heavy atom. The first-order valence-electron chi connectivity index (χ1n) is 10.1. The molecule has 6 atom stereocenters. The standard InChI is InChI=1S/C18H36N6O2/c1-12-10-20-8-9-24(12)18-21-11-13(17(25)19-2)16(23-18)22-14-6-4-5-7-15(14)26-3/h12-16,18,20-23H,4-11H2,1-3H3,(H,19,25). The molecule has 0 aromatic rings. The highest BCUT2D eigenvalue weighted by molar-refractivity contribution is 5.79. The van der Waals surface area contributed by atoms with Gasteiger partial charge in [0.05, 0.1) is 18.2 Å². The average molecular weight is 369 g/mol. The number of nitrogens with zero attached hydrogens (tertiary/aromatic N) is 1. The van der Waals surface area contributed by atoms with Gasteiger partial charge in [-0.05, 0) is 19.8 Å². The second-order valence-electron chi connectivity index (χ2n) is 7.80. The molecule has 2 aliphatic heterocycles. The topological polar surface area (TPSA) is 89.7 Å². The van der Waals surface area contributed by atoms with Crippen LogP contribution < -0.4 is 26.6 Å². The second kappa shape index (κ2) is 9.43. The van der Waals surface area contributed by atoms with Crippen molar-refractivity contribution in [1.82, 2.24) is 31.5 Å². The number of nitrogens with one attached hydrogen (secondary N) is 5. The van der Waals surface area contributed by atoms with Crippen LogP contribution >= 0.6 is 0 Å². The molecule has 0 aromatic heterocycles. The Morgan fingerprint density at radius 2 is 2.04 bits per heavy atom. The fourth-order valence-corrected chi connectivity index (χ4v) is 4.55. The van der Waals surface area contributed by atoms with E-state index in [2.05, 4.69) is 38.4 Å². The maximum absolute atomic E-state index is 12.4. The van der Waals surface area contributed by atoms with Crippen molar-refractivity contribution >= 4 is 5.91 Å². The van der Waals surface area contributed by atoms with Crippen molar-refractivity contribution in [2.75, 3.05) is 40.3 Å². The van der Waals surface area contributed by atoms with Gasteiger partial charge in [0.25, 0.3) is 0 Å². The van der Waals surface area contributed by atoms with Gasteiger partial charge in [-0.15, -0.1) is 0 Å².